The Morgan fingerprint density at radius 1 is 1.00 bits per heavy atom. The third-order valence-corrected chi connectivity index (χ3v) is 0.271. The number of aliphatic hydroxyl groups is 2. The van der Waals surface area contributed by atoms with E-state index in [1.807, 2.05) is 0 Å². The predicted molar refractivity (Wildman–Crippen MR) is 39.6 cm³/mol. The van der Waals surface area contributed by atoms with Crippen molar-refractivity contribution < 1.29 is 63.9 Å². The van der Waals surface area contributed by atoms with E-state index in [0.717, 1.165) is 0 Å². The Morgan fingerprint density at radius 3 is 1.07 bits per heavy atom. The Morgan fingerprint density at radius 2 is 1.07 bits per heavy atom. The fraction of sp³-hybridized carbons (Fsp3) is 0.500. The molecule has 84 valence electrons. The summed E-state index contributed by atoms with van der Waals surface area (Å²) in [6, 6.07) is 0. The van der Waals surface area contributed by atoms with Gasteiger partial charge in [-0.2, -0.15) is 0 Å². The van der Waals surface area contributed by atoms with Crippen LogP contribution in [0.4, 0.5) is 0 Å². The van der Waals surface area contributed by atoms with Gasteiger partial charge in [0.25, 0.3) is 0 Å². The minimum absolute atomic E-state index is 0. The molecule has 0 aliphatic carbocycles. The number of carboxylic acid groups (broad SMARTS) is 2. The van der Waals surface area contributed by atoms with Crippen LogP contribution in [0.3, 0.4) is 0 Å². The van der Waals surface area contributed by atoms with Crippen LogP contribution in [0.5, 0.6) is 0 Å². The van der Waals surface area contributed by atoms with Crippen molar-refractivity contribution in [1.82, 2.24) is 0 Å². The fourth-order valence-corrected chi connectivity index (χ4v) is 0. The quantitative estimate of drug-likeness (QED) is 0.246. The van der Waals surface area contributed by atoms with E-state index in [0.29, 0.717) is 0 Å². The number of carboxylic acids is 2. The zero-order valence-electron chi connectivity index (χ0n) is 7.90. The summed E-state index contributed by atoms with van der Waals surface area (Å²) in [6.07, 6.45) is 0. The van der Waals surface area contributed by atoms with Crippen molar-refractivity contribution in [3.8, 4) is 0 Å². The molecule has 0 aliphatic rings. The summed E-state index contributed by atoms with van der Waals surface area (Å²) in [5.74, 6) is -2.38. The van der Waals surface area contributed by atoms with Crippen LogP contribution >= 0.6 is 0 Å². The molecule has 0 heterocycles. The van der Waals surface area contributed by atoms with Gasteiger partial charge in [-0.1, -0.05) is 0 Å². The van der Waals surface area contributed by atoms with Crippen molar-refractivity contribution in [2.45, 2.75) is 0 Å². The van der Waals surface area contributed by atoms with Gasteiger partial charge >= 0.3 is 38.1 Å². The standard InChI is InChI=1S/2C2H4O3.BH2O3.Li/c2*3-1-2(4)5;2-1(3)4;/h2*3H,1H2,(H,4,5);2-3H;/q;;-1;+1. The van der Waals surface area contributed by atoms with Gasteiger partial charge in [0.15, 0.2) is 0 Å². The van der Waals surface area contributed by atoms with Gasteiger partial charge in [0.2, 0.25) is 0 Å². The molecule has 6 N–H and O–H groups in total. The Labute approximate surface area is 97.0 Å². The van der Waals surface area contributed by atoms with Crippen molar-refractivity contribution in [3.05, 3.63) is 0 Å². The number of aliphatic carboxylic acids is 2. The maximum absolute atomic E-state index is 9.12. The molecule has 0 radical (unpaired) electrons. The molecule has 15 heavy (non-hydrogen) atoms. The predicted octanol–water partition coefficient (Wildman–Crippen LogP) is -7.55. The SMILES string of the molecule is O=C(O)CO.O=C(O)CO.[Li+].[O-]B(O)O. The second-order valence-electron chi connectivity index (χ2n) is 1.43. The molecule has 0 rings (SSSR count). The summed E-state index contributed by atoms with van der Waals surface area (Å²) in [5, 5.41) is 52.8. The molecular weight excluding hydrogens is 210 g/mol. The van der Waals surface area contributed by atoms with Crippen LogP contribution in [-0.2, 0) is 9.59 Å². The second kappa shape index (κ2) is 19.1. The molecule has 0 bridgehead atoms. The Bertz CT molecular complexity index is 134. The van der Waals surface area contributed by atoms with E-state index in [1.165, 1.54) is 0 Å². The van der Waals surface area contributed by atoms with Gasteiger partial charge < -0.3 is 35.5 Å². The summed E-state index contributed by atoms with van der Waals surface area (Å²) >= 11 is 0. The van der Waals surface area contributed by atoms with Crippen LogP contribution in [-0.4, -0.2) is 62.9 Å². The summed E-state index contributed by atoms with van der Waals surface area (Å²) in [5.41, 5.74) is 0. The molecule has 0 saturated heterocycles. The molecule has 0 aliphatic heterocycles. The number of hydrogen-bond donors (Lipinski definition) is 6. The number of hydrogen-bond acceptors (Lipinski definition) is 7. The molecule has 0 atom stereocenters. The first-order valence-electron chi connectivity index (χ1n) is 2.95. The van der Waals surface area contributed by atoms with Crippen LogP contribution in [0.15, 0.2) is 0 Å². The van der Waals surface area contributed by atoms with E-state index >= 15 is 0 Å². The van der Waals surface area contributed by atoms with Gasteiger partial charge in [0.05, 0.1) is 0 Å². The molecule has 0 saturated carbocycles. The molecule has 0 spiro atoms. The van der Waals surface area contributed by atoms with Gasteiger partial charge in [0, 0.05) is 0 Å². The van der Waals surface area contributed by atoms with E-state index in [4.69, 9.17) is 45.1 Å². The normalized spacial score (nSPS) is 6.73. The molecule has 0 fully saturated rings. The van der Waals surface area contributed by atoms with Gasteiger partial charge in [-0.3, -0.25) is 0 Å². The zero-order valence-corrected chi connectivity index (χ0v) is 7.90. The molecule has 0 aromatic rings. The van der Waals surface area contributed by atoms with E-state index in [2.05, 4.69) is 0 Å². The van der Waals surface area contributed by atoms with Gasteiger partial charge in [-0.25, -0.2) is 9.59 Å². The first-order chi connectivity index (χ1) is 6.27. The molecule has 0 unspecified atom stereocenters. The third-order valence-electron chi connectivity index (χ3n) is 0.271. The minimum Gasteiger partial charge on any atom is -0.832 e. The Balaban J connectivity index is -0.0000000590. The Kier molecular flexibility index (Phi) is 30.4. The summed E-state index contributed by atoms with van der Waals surface area (Å²) in [4.78, 5) is 18.2. The van der Waals surface area contributed by atoms with Crippen LogP contribution in [0.25, 0.3) is 0 Å². The smallest absolute Gasteiger partial charge is 0.832 e. The Hall–Kier alpha value is -0.598. The van der Waals surface area contributed by atoms with Gasteiger partial charge in [0.1, 0.15) is 13.2 Å². The van der Waals surface area contributed by atoms with Crippen molar-refractivity contribution in [1.29, 1.82) is 0 Å². The molecular formula is C4H10BLiO9. The van der Waals surface area contributed by atoms with Gasteiger partial charge in [-0.15, -0.1) is 0 Å². The minimum atomic E-state index is -2.42. The summed E-state index contributed by atoms with van der Waals surface area (Å²) < 4.78 is 0. The number of carbonyl (C=O) groups is 2. The molecule has 0 amide bonds. The van der Waals surface area contributed by atoms with Crippen molar-refractivity contribution in [3.63, 3.8) is 0 Å². The molecule has 11 heteroatoms. The van der Waals surface area contributed by atoms with E-state index in [1.54, 1.807) is 0 Å². The van der Waals surface area contributed by atoms with Crippen LogP contribution in [0.2, 0.25) is 0 Å². The maximum Gasteiger partial charge on any atom is 1.00 e. The summed E-state index contributed by atoms with van der Waals surface area (Å²) in [7, 11) is -2.42. The number of rotatable bonds is 2. The molecule has 0 aromatic heterocycles. The van der Waals surface area contributed by atoms with Crippen molar-refractivity contribution >= 4 is 19.3 Å². The largest absolute Gasteiger partial charge is 1.00 e. The monoisotopic (exact) mass is 220 g/mol. The molecule has 0 aromatic carbocycles. The first-order valence-corrected chi connectivity index (χ1v) is 2.95. The topological polar surface area (TPSA) is 179 Å². The first kappa shape index (κ1) is 23.9. The second-order valence-corrected chi connectivity index (χ2v) is 1.43. The van der Waals surface area contributed by atoms with E-state index in [9.17, 15) is 0 Å². The van der Waals surface area contributed by atoms with Crippen LogP contribution < -0.4 is 23.9 Å². The molecule has 9 nitrogen and oxygen atoms in total. The van der Waals surface area contributed by atoms with E-state index < -0.39 is 32.5 Å². The zero-order chi connectivity index (χ0) is 12.1. The summed E-state index contributed by atoms with van der Waals surface area (Å²) in [6.45, 7) is -1.56. The van der Waals surface area contributed by atoms with E-state index in [-0.39, 0.29) is 18.9 Å². The fourth-order valence-electron chi connectivity index (χ4n) is 0. The van der Waals surface area contributed by atoms with Crippen molar-refractivity contribution in [2.75, 3.05) is 13.2 Å². The average molecular weight is 220 g/mol. The van der Waals surface area contributed by atoms with Crippen molar-refractivity contribution in [2.24, 2.45) is 0 Å². The third kappa shape index (κ3) is 151. The van der Waals surface area contributed by atoms with Crippen LogP contribution in [0, 0.1) is 0 Å². The average Bonchev–Trinajstić information content (AvgIpc) is 2.04. The van der Waals surface area contributed by atoms with Gasteiger partial charge in [-0.05, 0) is 0 Å². The van der Waals surface area contributed by atoms with Crippen LogP contribution in [0.1, 0.15) is 0 Å². The number of aliphatic hydroxyl groups excluding tert-OH is 2. The maximum atomic E-state index is 9.12.